The fourth-order valence-electron chi connectivity index (χ4n) is 2.36. The normalized spacial score (nSPS) is 10.0. The number of hydrogen-bond acceptors (Lipinski definition) is 4. The molecule has 0 aliphatic carbocycles. The molecule has 0 saturated carbocycles. The minimum absolute atomic E-state index is 0.272. The van der Waals surface area contributed by atoms with Gasteiger partial charge in [0.1, 0.15) is 0 Å². The summed E-state index contributed by atoms with van der Waals surface area (Å²) in [5.74, 6) is -0.272. The van der Waals surface area contributed by atoms with Crippen LogP contribution in [0.2, 0.25) is 5.02 Å². The third-order valence-corrected chi connectivity index (χ3v) is 4.23. The van der Waals surface area contributed by atoms with Gasteiger partial charge in [0.25, 0.3) is 5.91 Å². The molecule has 0 unspecified atom stereocenters. The number of amides is 1. The van der Waals surface area contributed by atoms with Gasteiger partial charge in [-0.1, -0.05) is 17.7 Å². The largest absolute Gasteiger partial charge is 0.354 e. The molecule has 2 N–H and O–H groups in total. The molecule has 3 aromatic rings. The molecule has 0 radical (unpaired) electrons. The quantitative estimate of drug-likeness (QED) is 0.691. The molecule has 2 aromatic carbocycles. The number of anilines is 3. The average Bonchev–Trinajstić information content (AvgIpc) is 2.66. The number of hydrogen-bond donors (Lipinski definition) is 2. The summed E-state index contributed by atoms with van der Waals surface area (Å²) in [5.41, 5.74) is 3.94. The molecule has 0 aliphatic heterocycles. The van der Waals surface area contributed by atoms with Gasteiger partial charge in [-0.2, -0.15) is 5.26 Å². The summed E-state index contributed by atoms with van der Waals surface area (Å²) in [4.78, 5) is 16.6. The van der Waals surface area contributed by atoms with Gasteiger partial charge in [-0.15, -0.1) is 0 Å². The number of nitrogens with zero attached hydrogens (tertiary/aromatic N) is 2. The van der Waals surface area contributed by atoms with Crippen molar-refractivity contribution in [3.63, 3.8) is 0 Å². The summed E-state index contributed by atoms with van der Waals surface area (Å²) in [5, 5.41) is 15.4. The van der Waals surface area contributed by atoms with Crippen molar-refractivity contribution in [1.82, 2.24) is 4.98 Å². The standard InChI is InChI=1S/C20H15ClN4O/c1-13-18(21)3-2-4-19(13)25-20(26)15-9-17(12-23-11-15)24-16-7-5-14(10-22)6-8-16/h2-9,11-12,24H,1H3,(H,25,26). The van der Waals surface area contributed by atoms with E-state index in [4.69, 9.17) is 16.9 Å². The zero-order valence-electron chi connectivity index (χ0n) is 14.0. The van der Waals surface area contributed by atoms with Gasteiger partial charge < -0.3 is 10.6 Å². The van der Waals surface area contributed by atoms with Crippen LogP contribution in [0.1, 0.15) is 21.5 Å². The van der Waals surface area contributed by atoms with E-state index < -0.39 is 0 Å². The van der Waals surface area contributed by atoms with Crippen LogP contribution in [0.5, 0.6) is 0 Å². The molecule has 3 rings (SSSR count). The Balaban J connectivity index is 1.76. The monoisotopic (exact) mass is 362 g/mol. The molecule has 0 saturated heterocycles. The Morgan fingerprint density at radius 3 is 2.62 bits per heavy atom. The lowest BCUT2D eigenvalue weighted by atomic mass is 10.1. The van der Waals surface area contributed by atoms with Crippen molar-refractivity contribution in [2.75, 3.05) is 10.6 Å². The first-order valence-corrected chi connectivity index (χ1v) is 8.23. The van der Waals surface area contributed by atoms with Crippen molar-refractivity contribution >= 4 is 34.6 Å². The van der Waals surface area contributed by atoms with Gasteiger partial charge in [-0.25, -0.2) is 0 Å². The van der Waals surface area contributed by atoms with Crippen LogP contribution < -0.4 is 10.6 Å². The van der Waals surface area contributed by atoms with E-state index >= 15 is 0 Å². The number of carbonyl (C=O) groups is 1. The van der Waals surface area contributed by atoms with Crippen LogP contribution in [0, 0.1) is 18.3 Å². The fraction of sp³-hybridized carbons (Fsp3) is 0.0500. The van der Waals surface area contributed by atoms with E-state index in [1.807, 2.05) is 6.92 Å². The number of nitrogens with one attached hydrogen (secondary N) is 2. The number of carbonyl (C=O) groups excluding carboxylic acids is 1. The van der Waals surface area contributed by atoms with E-state index in [9.17, 15) is 4.79 Å². The SMILES string of the molecule is Cc1c(Cl)cccc1NC(=O)c1cncc(Nc2ccc(C#N)cc2)c1. The van der Waals surface area contributed by atoms with Gasteiger partial charge in [0.05, 0.1) is 29.1 Å². The highest BCUT2D eigenvalue weighted by molar-refractivity contribution is 6.31. The van der Waals surface area contributed by atoms with Crippen molar-refractivity contribution in [3.05, 3.63) is 82.6 Å². The van der Waals surface area contributed by atoms with E-state index in [1.165, 1.54) is 6.20 Å². The van der Waals surface area contributed by atoms with Crippen LogP contribution in [0.25, 0.3) is 0 Å². The Morgan fingerprint density at radius 2 is 1.88 bits per heavy atom. The van der Waals surface area contributed by atoms with Crippen LogP contribution >= 0.6 is 11.6 Å². The molecule has 1 aromatic heterocycles. The van der Waals surface area contributed by atoms with Gasteiger partial charge in [0.15, 0.2) is 0 Å². The molecule has 128 valence electrons. The first-order valence-electron chi connectivity index (χ1n) is 7.85. The Kier molecular flexibility index (Phi) is 5.16. The second kappa shape index (κ2) is 7.68. The smallest absolute Gasteiger partial charge is 0.257 e. The van der Waals surface area contributed by atoms with Crippen molar-refractivity contribution < 1.29 is 4.79 Å². The molecule has 1 heterocycles. The second-order valence-corrected chi connectivity index (χ2v) is 6.05. The number of nitriles is 1. The highest BCUT2D eigenvalue weighted by atomic mass is 35.5. The van der Waals surface area contributed by atoms with Crippen LogP contribution in [0.4, 0.5) is 17.1 Å². The molecule has 26 heavy (non-hydrogen) atoms. The summed E-state index contributed by atoms with van der Waals surface area (Å²) in [7, 11) is 0. The van der Waals surface area contributed by atoms with Crippen molar-refractivity contribution in [2.45, 2.75) is 6.92 Å². The van der Waals surface area contributed by atoms with E-state index in [2.05, 4.69) is 21.7 Å². The van der Waals surface area contributed by atoms with Crippen molar-refractivity contribution in [3.8, 4) is 6.07 Å². The Labute approximate surface area is 156 Å². The van der Waals surface area contributed by atoms with Gasteiger partial charge in [0.2, 0.25) is 0 Å². The summed E-state index contributed by atoms with van der Waals surface area (Å²) < 4.78 is 0. The summed E-state index contributed by atoms with van der Waals surface area (Å²) >= 11 is 6.09. The zero-order chi connectivity index (χ0) is 18.5. The van der Waals surface area contributed by atoms with Crippen LogP contribution in [-0.2, 0) is 0 Å². The maximum atomic E-state index is 12.5. The fourth-order valence-corrected chi connectivity index (χ4v) is 2.54. The lowest BCUT2D eigenvalue weighted by Gasteiger charge is -2.11. The Morgan fingerprint density at radius 1 is 1.12 bits per heavy atom. The van der Waals surface area contributed by atoms with E-state index in [-0.39, 0.29) is 5.91 Å². The summed E-state index contributed by atoms with van der Waals surface area (Å²) in [6.07, 6.45) is 3.12. The average molecular weight is 363 g/mol. The number of rotatable bonds is 4. The van der Waals surface area contributed by atoms with E-state index in [0.29, 0.717) is 27.5 Å². The van der Waals surface area contributed by atoms with Crippen LogP contribution in [0.3, 0.4) is 0 Å². The highest BCUT2D eigenvalue weighted by Gasteiger charge is 2.10. The molecule has 0 fully saturated rings. The molecule has 0 atom stereocenters. The van der Waals surface area contributed by atoms with Crippen molar-refractivity contribution in [2.24, 2.45) is 0 Å². The topological polar surface area (TPSA) is 77.8 Å². The first-order chi connectivity index (χ1) is 12.6. The highest BCUT2D eigenvalue weighted by Crippen LogP contribution is 2.24. The number of benzene rings is 2. The van der Waals surface area contributed by atoms with Gasteiger partial charge in [-0.05, 0) is 55.0 Å². The molecule has 6 heteroatoms. The number of halogens is 1. The third-order valence-electron chi connectivity index (χ3n) is 3.82. The number of aromatic nitrogens is 1. The maximum Gasteiger partial charge on any atom is 0.257 e. The summed E-state index contributed by atoms with van der Waals surface area (Å²) in [6, 6.07) is 16.2. The number of pyridine rings is 1. The Hall–Kier alpha value is -3.36. The van der Waals surface area contributed by atoms with Crippen LogP contribution in [0.15, 0.2) is 60.9 Å². The summed E-state index contributed by atoms with van der Waals surface area (Å²) in [6.45, 7) is 1.85. The third kappa shape index (κ3) is 4.00. The molecule has 0 spiro atoms. The molecule has 0 aliphatic rings. The zero-order valence-corrected chi connectivity index (χ0v) is 14.7. The van der Waals surface area contributed by atoms with Gasteiger partial charge >= 0.3 is 0 Å². The Bertz CT molecular complexity index is 993. The van der Waals surface area contributed by atoms with Gasteiger partial charge in [-0.3, -0.25) is 9.78 Å². The first kappa shape index (κ1) is 17.5. The predicted octanol–water partition coefficient (Wildman–Crippen LogP) is 4.91. The van der Waals surface area contributed by atoms with E-state index in [1.54, 1.807) is 54.7 Å². The molecule has 1 amide bonds. The second-order valence-electron chi connectivity index (χ2n) is 5.64. The predicted molar refractivity (Wildman–Crippen MR) is 103 cm³/mol. The lowest BCUT2D eigenvalue weighted by molar-refractivity contribution is 0.102. The molecular formula is C20H15ClN4O. The molecule has 5 nitrogen and oxygen atoms in total. The van der Waals surface area contributed by atoms with Crippen LogP contribution in [-0.4, -0.2) is 10.9 Å². The minimum Gasteiger partial charge on any atom is -0.354 e. The van der Waals surface area contributed by atoms with Crippen molar-refractivity contribution in [1.29, 1.82) is 5.26 Å². The lowest BCUT2D eigenvalue weighted by Crippen LogP contribution is -2.13. The van der Waals surface area contributed by atoms with Gasteiger partial charge in [0, 0.05) is 22.6 Å². The molecule has 0 bridgehead atoms. The maximum absolute atomic E-state index is 12.5. The van der Waals surface area contributed by atoms with E-state index in [0.717, 1.165) is 11.3 Å². The molecular weight excluding hydrogens is 348 g/mol. The minimum atomic E-state index is -0.272.